The maximum Gasteiger partial charge on any atom is 0.340 e. The third-order valence-corrected chi connectivity index (χ3v) is 5.89. The van der Waals surface area contributed by atoms with Crippen LogP contribution in [0.25, 0.3) is 10.8 Å². The summed E-state index contributed by atoms with van der Waals surface area (Å²) in [6, 6.07) is 11.5. The van der Waals surface area contributed by atoms with Crippen molar-refractivity contribution in [2.24, 2.45) is 5.84 Å². The van der Waals surface area contributed by atoms with E-state index in [1.165, 1.54) is 12.7 Å². The molecule has 1 aliphatic rings. The number of fused-ring (bicyclic) bond motifs is 1. The average molecular weight is 438 g/mol. The van der Waals surface area contributed by atoms with E-state index in [4.69, 9.17) is 5.84 Å². The lowest BCUT2D eigenvalue weighted by atomic mass is 10.0. The van der Waals surface area contributed by atoms with Crippen molar-refractivity contribution in [2.45, 2.75) is 12.8 Å². The number of nitrogens with zero attached hydrogens (tertiary/aromatic N) is 4. The van der Waals surface area contributed by atoms with E-state index in [9.17, 15) is 14.4 Å². The molecule has 0 bridgehead atoms. The van der Waals surface area contributed by atoms with E-state index in [1.54, 1.807) is 0 Å². The number of aldehydes is 1. The number of hydrogen-bond acceptors (Lipinski definition) is 6. The third kappa shape index (κ3) is 5.52. The van der Waals surface area contributed by atoms with E-state index in [2.05, 4.69) is 34.6 Å². The van der Waals surface area contributed by atoms with Gasteiger partial charge in [-0.1, -0.05) is 30.8 Å². The third-order valence-electron chi connectivity index (χ3n) is 5.89. The van der Waals surface area contributed by atoms with Crippen molar-refractivity contribution in [3.63, 3.8) is 0 Å². The zero-order valence-corrected chi connectivity index (χ0v) is 18.6. The number of urea groups is 1. The summed E-state index contributed by atoms with van der Waals surface area (Å²) in [5.41, 5.74) is 1.86. The molecule has 32 heavy (non-hydrogen) atoms. The van der Waals surface area contributed by atoms with Gasteiger partial charge in [0, 0.05) is 56.4 Å². The SMILES string of the molecule is C=CC(=O)N(C)C(=O)N(N)CCCCN1CCN(c2cccc3ccc(C=O)cc23)CC1. The Balaban J connectivity index is 1.45. The highest BCUT2D eigenvalue weighted by Crippen LogP contribution is 2.28. The molecule has 3 rings (SSSR count). The molecular formula is C24H31N5O3. The predicted octanol–water partition coefficient (Wildman–Crippen LogP) is 2.49. The number of amides is 3. The van der Waals surface area contributed by atoms with Crippen molar-refractivity contribution < 1.29 is 14.4 Å². The fourth-order valence-corrected chi connectivity index (χ4v) is 3.97. The molecule has 2 aromatic carbocycles. The standard InChI is InChI=1S/C24H31N5O3/c1-3-23(31)26(2)24(32)29(25)12-5-4-11-27-13-15-28(16-14-27)22-8-6-7-20-10-9-19(18-30)17-21(20)22/h3,6-10,17-18H,1,4-5,11-16,25H2,2H3. The van der Waals surface area contributed by atoms with E-state index in [-0.39, 0.29) is 0 Å². The van der Waals surface area contributed by atoms with Crippen LogP contribution in [0.5, 0.6) is 0 Å². The van der Waals surface area contributed by atoms with Crippen molar-refractivity contribution >= 4 is 34.7 Å². The van der Waals surface area contributed by atoms with Gasteiger partial charge in [0.1, 0.15) is 6.29 Å². The second kappa shape index (κ2) is 10.9. The van der Waals surface area contributed by atoms with Crippen LogP contribution in [0.2, 0.25) is 0 Å². The molecule has 0 saturated carbocycles. The molecule has 1 heterocycles. The summed E-state index contributed by atoms with van der Waals surface area (Å²) in [6.07, 6.45) is 3.65. The summed E-state index contributed by atoms with van der Waals surface area (Å²) >= 11 is 0. The first-order valence-electron chi connectivity index (χ1n) is 10.9. The van der Waals surface area contributed by atoms with Crippen LogP contribution >= 0.6 is 0 Å². The highest BCUT2D eigenvalue weighted by Gasteiger charge is 2.20. The summed E-state index contributed by atoms with van der Waals surface area (Å²) < 4.78 is 0. The number of likely N-dealkylation sites (N-methyl/N-ethyl adjacent to an activating group) is 1. The molecule has 2 N–H and O–H groups in total. The minimum atomic E-state index is -0.531. The second-order valence-electron chi connectivity index (χ2n) is 7.99. The summed E-state index contributed by atoms with van der Waals surface area (Å²) in [5, 5.41) is 3.32. The van der Waals surface area contributed by atoms with Gasteiger partial charge >= 0.3 is 6.03 Å². The van der Waals surface area contributed by atoms with Gasteiger partial charge in [0.05, 0.1) is 0 Å². The number of anilines is 1. The first-order valence-corrected chi connectivity index (χ1v) is 10.9. The molecule has 0 radical (unpaired) electrons. The molecule has 8 heteroatoms. The van der Waals surface area contributed by atoms with Crippen molar-refractivity contribution in [3.8, 4) is 0 Å². The number of hydrogen-bond donors (Lipinski definition) is 1. The smallest absolute Gasteiger partial charge is 0.340 e. The Hall–Kier alpha value is -3.23. The summed E-state index contributed by atoms with van der Waals surface area (Å²) in [7, 11) is 1.39. The zero-order valence-electron chi connectivity index (χ0n) is 18.6. The highest BCUT2D eigenvalue weighted by atomic mass is 16.2. The lowest BCUT2D eigenvalue weighted by Gasteiger charge is -2.36. The van der Waals surface area contributed by atoms with Crippen LogP contribution in [0, 0.1) is 0 Å². The van der Waals surface area contributed by atoms with Gasteiger partial charge in [0.15, 0.2) is 0 Å². The predicted molar refractivity (Wildman–Crippen MR) is 126 cm³/mol. The molecule has 1 saturated heterocycles. The van der Waals surface area contributed by atoms with Crippen LogP contribution in [0.4, 0.5) is 10.5 Å². The van der Waals surface area contributed by atoms with Crippen molar-refractivity contribution in [3.05, 3.63) is 54.6 Å². The monoisotopic (exact) mass is 437 g/mol. The largest absolute Gasteiger partial charge is 0.368 e. The maximum absolute atomic E-state index is 12.1. The Morgan fingerprint density at radius 2 is 1.88 bits per heavy atom. The van der Waals surface area contributed by atoms with Crippen molar-refractivity contribution in [2.75, 3.05) is 51.2 Å². The van der Waals surface area contributed by atoms with E-state index in [0.29, 0.717) is 12.1 Å². The lowest BCUT2D eigenvalue weighted by molar-refractivity contribution is -0.122. The first-order chi connectivity index (χ1) is 15.4. The highest BCUT2D eigenvalue weighted by molar-refractivity contribution is 5.99. The average Bonchev–Trinajstić information content (AvgIpc) is 2.84. The Bertz CT molecular complexity index is 985. The van der Waals surface area contributed by atoms with E-state index in [0.717, 1.165) is 78.6 Å². The molecule has 3 amide bonds. The molecule has 2 aromatic rings. The number of benzene rings is 2. The summed E-state index contributed by atoms with van der Waals surface area (Å²) in [5.74, 6) is 5.32. The summed E-state index contributed by atoms with van der Waals surface area (Å²) in [4.78, 5) is 40.5. The van der Waals surface area contributed by atoms with Crippen LogP contribution in [0.1, 0.15) is 23.2 Å². The lowest BCUT2D eigenvalue weighted by Crippen LogP contribution is -2.48. The van der Waals surface area contributed by atoms with Crippen LogP contribution in [0.3, 0.4) is 0 Å². The Kier molecular flexibility index (Phi) is 7.97. The van der Waals surface area contributed by atoms with Crippen LogP contribution < -0.4 is 10.7 Å². The van der Waals surface area contributed by atoms with Gasteiger partial charge in [-0.05, 0) is 43.0 Å². The van der Waals surface area contributed by atoms with E-state index < -0.39 is 11.9 Å². The number of imide groups is 1. The minimum absolute atomic E-state index is 0.391. The molecular weight excluding hydrogens is 406 g/mol. The number of carbonyl (C=O) groups is 3. The van der Waals surface area contributed by atoms with E-state index >= 15 is 0 Å². The fourth-order valence-electron chi connectivity index (χ4n) is 3.97. The van der Waals surface area contributed by atoms with Crippen LogP contribution in [-0.2, 0) is 4.79 Å². The van der Waals surface area contributed by atoms with Gasteiger partial charge in [0.2, 0.25) is 0 Å². The van der Waals surface area contributed by atoms with Crippen LogP contribution in [0.15, 0.2) is 49.1 Å². The van der Waals surface area contributed by atoms with Gasteiger partial charge in [-0.25, -0.2) is 10.6 Å². The van der Waals surface area contributed by atoms with Gasteiger partial charge in [-0.2, -0.15) is 0 Å². The summed E-state index contributed by atoms with van der Waals surface area (Å²) in [6.45, 7) is 8.43. The van der Waals surface area contributed by atoms with Gasteiger partial charge in [-0.3, -0.25) is 24.4 Å². The number of nitrogens with two attached hydrogens (primary N) is 1. The second-order valence-corrected chi connectivity index (χ2v) is 7.99. The number of carbonyl (C=O) groups excluding carboxylic acids is 3. The fraction of sp³-hybridized carbons (Fsp3) is 0.375. The topological polar surface area (TPSA) is 90.2 Å². The Morgan fingerprint density at radius 1 is 1.12 bits per heavy atom. The van der Waals surface area contributed by atoms with Crippen molar-refractivity contribution in [1.82, 2.24) is 14.8 Å². The number of hydrazine groups is 1. The van der Waals surface area contributed by atoms with Gasteiger partial charge < -0.3 is 4.90 Å². The Labute approximate surface area is 188 Å². The van der Waals surface area contributed by atoms with Crippen molar-refractivity contribution in [1.29, 1.82) is 0 Å². The zero-order chi connectivity index (χ0) is 23.1. The molecule has 8 nitrogen and oxygen atoms in total. The maximum atomic E-state index is 12.1. The number of rotatable bonds is 8. The molecule has 1 aliphatic heterocycles. The van der Waals surface area contributed by atoms with Crippen LogP contribution in [-0.4, -0.2) is 79.3 Å². The molecule has 0 atom stereocenters. The molecule has 170 valence electrons. The molecule has 1 fully saturated rings. The molecule has 0 aromatic heterocycles. The first kappa shape index (κ1) is 23.4. The normalized spacial score (nSPS) is 14.2. The minimum Gasteiger partial charge on any atom is -0.368 e. The quantitative estimate of drug-likeness (QED) is 0.170. The van der Waals surface area contributed by atoms with E-state index in [1.807, 2.05) is 18.2 Å². The Morgan fingerprint density at radius 3 is 2.56 bits per heavy atom. The molecule has 0 aliphatic carbocycles. The number of piperazine rings is 1. The van der Waals surface area contributed by atoms with Gasteiger partial charge in [0.25, 0.3) is 5.91 Å². The number of unbranched alkanes of at least 4 members (excludes halogenated alkanes) is 1. The molecule has 0 unspecified atom stereocenters. The van der Waals surface area contributed by atoms with Gasteiger partial charge in [-0.15, -0.1) is 0 Å². The molecule has 0 spiro atoms.